The molecule has 9 nitrogen and oxygen atoms in total. The second kappa shape index (κ2) is 8.62. The van der Waals surface area contributed by atoms with Gasteiger partial charge in [0.05, 0.1) is 5.52 Å². The number of amides is 2. The summed E-state index contributed by atoms with van der Waals surface area (Å²) >= 11 is 0. The van der Waals surface area contributed by atoms with Gasteiger partial charge in [-0.3, -0.25) is 19.7 Å². The highest BCUT2D eigenvalue weighted by atomic mass is 16.6. The highest BCUT2D eigenvalue weighted by molar-refractivity contribution is 6.04. The summed E-state index contributed by atoms with van der Waals surface area (Å²) in [7, 11) is 0. The number of nitrogens with zero attached hydrogens (tertiary/aromatic N) is 2. The van der Waals surface area contributed by atoms with Crippen LogP contribution in [0.1, 0.15) is 18.5 Å². The van der Waals surface area contributed by atoms with Crippen molar-refractivity contribution in [2.24, 2.45) is 0 Å². The van der Waals surface area contributed by atoms with Gasteiger partial charge in [-0.15, -0.1) is 0 Å². The topological polar surface area (TPSA) is 118 Å². The van der Waals surface area contributed by atoms with Crippen molar-refractivity contribution < 1.29 is 19.1 Å². The second-order valence-corrected chi connectivity index (χ2v) is 7.60. The Morgan fingerprint density at radius 1 is 1.03 bits per heavy atom. The molecule has 0 saturated carbocycles. The molecule has 5 rings (SSSR count). The van der Waals surface area contributed by atoms with Crippen molar-refractivity contribution in [1.29, 1.82) is 0 Å². The zero-order valence-corrected chi connectivity index (χ0v) is 17.8. The number of carbonyl (C=O) groups excluding carboxylic acids is 2. The third-order valence-corrected chi connectivity index (χ3v) is 5.31. The fourth-order valence-corrected chi connectivity index (χ4v) is 3.75. The van der Waals surface area contributed by atoms with E-state index < -0.39 is 11.9 Å². The predicted molar refractivity (Wildman–Crippen MR) is 122 cm³/mol. The highest BCUT2D eigenvalue weighted by Gasteiger charge is 2.25. The van der Waals surface area contributed by atoms with Crippen LogP contribution in [0.15, 0.2) is 60.9 Å². The molecule has 0 aliphatic carbocycles. The van der Waals surface area contributed by atoms with E-state index in [-0.39, 0.29) is 5.91 Å². The van der Waals surface area contributed by atoms with Crippen LogP contribution in [0.4, 0.5) is 5.82 Å². The number of pyridine rings is 1. The predicted octanol–water partition coefficient (Wildman–Crippen LogP) is 3.21. The van der Waals surface area contributed by atoms with Gasteiger partial charge in [0.1, 0.15) is 19.3 Å². The number of hydrogen-bond donors (Lipinski definition) is 3. The molecule has 1 aliphatic rings. The Morgan fingerprint density at radius 2 is 1.88 bits per heavy atom. The number of carbonyl (C=O) groups is 2. The molecule has 3 heterocycles. The van der Waals surface area contributed by atoms with E-state index in [2.05, 4.69) is 25.8 Å². The maximum Gasteiger partial charge on any atom is 0.252 e. The SMILES string of the molecule is CC(=O)NC(C(=O)Nc1n[nH]c2ccc(-c3cccnc3)cc12)c1ccc2c(c1)OCCO2. The van der Waals surface area contributed by atoms with Crippen molar-refractivity contribution in [3.8, 4) is 22.6 Å². The number of ether oxygens (including phenoxy) is 2. The van der Waals surface area contributed by atoms with Crippen LogP contribution < -0.4 is 20.1 Å². The quantitative estimate of drug-likeness (QED) is 0.436. The standard InChI is InChI=1S/C24H21N5O4/c1-14(30)26-22(16-5-7-20-21(12-16)33-10-9-32-20)24(31)27-23-18-11-15(4-6-19(18)28-29-23)17-3-2-8-25-13-17/h2-8,11-13,22H,9-10H2,1H3,(H,26,30)(H2,27,28,29,31). The molecule has 2 aromatic heterocycles. The summed E-state index contributed by atoms with van der Waals surface area (Å²) in [5.41, 5.74) is 3.24. The maximum atomic E-state index is 13.3. The fourth-order valence-electron chi connectivity index (χ4n) is 3.75. The number of hydrogen-bond acceptors (Lipinski definition) is 6. The van der Waals surface area contributed by atoms with E-state index in [1.54, 1.807) is 30.6 Å². The minimum absolute atomic E-state index is 0.337. The molecule has 0 bridgehead atoms. The second-order valence-electron chi connectivity index (χ2n) is 7.60. The van der Waals surface area contributed by atoms with Crippen molar-refractivity contribution >= 4 is 28.5 Å². The number of fused-ring (bicyclic) bond motifs is 2. The number of rotatable bonds is 5. The van der Waals surface area contributed by atoms with Gasteiger partial charge in [-0.1, -0.05) is 18.2 Å². The Balaban J connectivity index is 1.45. The largest absolute Gasteiger partial charge is 0.486 e. The molecule has 0 fully saturated rings. The first-order chi connectivity index (χ1) is 16.1. The van der Waals surface area contributed by atoms with Crippen LogP contribution in [0, 0.1) is 0 Å². The van der Waals surface area contributed by atoms with E-state index in [1.807, 2.05) is 30.3 Å². The van der Waals surface area contributed by atoms with E-state index >= 15 is 0 Å². The van der Waals surface area contributed by atoms with Gasteiger partial charge in [0.2, 0.25) is 5.91 Å². The smallest absolute Gasteiger partial charge is 0.252 e. The summed E-state index contributed by atoms with van der Waals surface area (Å²) < 4.78 is 11.2. The molecule has 0 radical (unpaired) electrons. The van der Waals surface area contributed by atoms with Gasteiger partial charge in [-0.2, -0.15) is 5.10 Å². The molecule has 1 aliphatic heterocycles. The molecule has 4 aromatic rings. The van der Waals surface area contributed by atoms with Crippen LogP contribution in [0.5, 0.6) is 11.5 Å². The number of nitrogens with one attached hydrogen (secondary N) is 3. The van der Waals surface area contributed by atoms with Crippen LogP contribution in [-0.2, 0) is 9.59 Å². The van der Waals surface area contributed by atoms with Crippen LogP contribution in [0.2, 0.25) is 0 Å². The third kappa shape index (κ3) is 4.20. The van der Waals surface area contributed by atoms with E-state index in [9.17, 15) is 9.59 Å². The Hall–Kier alpha value is -4.40. The first kappa shape index (κ1) is 20.5. The molecule has 1 unspecified atom stereocenters. The minimum atomic E-state index is -0.938. The van der Waals surface area contributed by atoms with Crippen molar-refractivity contribution in [2.45, 2.75) is 13.0 Å². The monoisotopic (exact) mass is 443 g/mol. The zero-order valence-electron chi connectivity index (χ0n) is 17.8. The Labute approximate surface area is 189 Å². The molecule has 2 aromatic carbocycles. The average molecular weight is 443 g/mol. The zero-order chi connectivity index (χ0) is 22.8. The van der Waals surface area contributed by atoms with Gasteiger partial charge in [0.15, 0.2) is 17.3 Å². The molecule has 9 heteroatoms. The van der Waals surface area contributed by atoms with Crippen molar-refractivity contribution in [1.82, 2.24) is 20.5 Å². The van der Waals surface area contributed by atoms with Gasteiger partial charge in [0.25, 0.3) is 5.91 Å². The molecule has 0 spiro atoms. The number of aromatic amines is 1. The highest BCUT2D eigenvalue weighted by Crippen LogP contribution is 2.33. The molecule has 0 saturated heterocycles. The molecule has 2 amide bonds. The number of benzene rings is 2. The van der Waals surface area contributed by atoms with Gasteiger partial charge in [-0.25, -0.2) is 0 Å². The lowest BCUT2D eigenvalue weighted by Gasteiger charge is -2.22. The van der Waals surface area contributed by atoms with E-state index in [4.69, 9.17) is 9.47 Å². The van der Waals surface area contributed by atoms with E-state index in [1.165, 1.54) is 6.92 Å². The Bertz CT molecular complexity index is 1340. The van der Waals surface area contributed by atoms with Gasteiger partial charge in [0, 0.05) is 30.3 Å². The van der Waals surface area contributed by atoms with Crippen molar-refractivity contribution in [2.75, 3.05) is 18.5 Å². The Kier molecular flexibility index (Phi) is 5.35. The van der Waals surface area contributed by atoms with E-state index in [0.717, 1.165) is 22.0 Å². The van der Waals surface area contributed by atoms with Crippen LogP contribution in [0.25, 0.3) is 22.0 Å². The fraction of sp³-hybridized carbons (Fsp3) is 0.167. The Morgan fingerprint density at radius 3 is 2.67 bits per heavy atom. The van der Waals surface area contributed by atoms with Crippen molar-refractivity contribution in [3.63, 3.8) is 0 Å². The van der Waals surface area contributed by atoms with Crippen LogP contribution >= 0.6 is 0 Å². The first-order valence-electron chi connectivity index (χ1n) is 10.4. The molecule has 3 N–H and O–H groups in total. The van der Waals surface area contributed by atoms with Gasteiger partial charge >= 0.3 is 0 Å². The minimum Gasteiger partial charge on any atom is -0.486 e. The number of aromatic nitrogens is 3. The van der Waals surface area contributed by atoms with E-state index in [0.29, 0.717) is 36.1 Å². The lowest BCUT2D eigenvalue weighted by molar-refractivity contribution is -0.125. The maximum absolute atomic E-state index is 13.3. The number of anilines is 1. The van der Waals surface area contributed by atoms with Crippen LogP contribution in [0.3, 0.4) is 0 Å². The summed E-state index contributed by atoms with van der Waals surface area (Å²) in [4.78, 5) is 29.3. The molecule has 166 valence electrons. The molecular formula is C24H21N5O4. The number of H-pyrrole nitrogens is 1. The normalized spacial score (nSPS) is 13.4. The first-order valence-corrected chi connectivity index (χ1v) is 10.4. The summed E-state index contributed by atoms with van der Waals surface area (Å²) in [6.07, 6.45) is 3.49. The lowest BCUT2D eigenvalue weighted by Crippen LogP contribution is -2.36. The summed E-state index contributed by atoms with van der Waals surface area (Å²) in [6, 6.07) is 13.8. The molecule has 33 heavy (non-hydrogen) atoms. The molecule has 1 atom stereocenters. The summed E-state index contributed by atoms with van der Waals surface area (Å²) in [6.45, 7) is 2.25. The van der Waals surface area contributed by atoms with Crippen LogP contribution in [-0.4, -0.2) is 40.2 Å². The lowest BCUT2D eigenvalue weighted by atomic mass is 10.0. The average Bonchev–Trinajstić information content (AvgIpc) is 3.24. The third-order valence-electron chi connectivity index (χ3n) is 5.31. The summed E-state index contributed by atoms with van der Waals surface area (Å²) in [5, 5.41) is 13.5. The molecular weight excluding hydrogens is 422 g/mol. The summed E-state index contributed by atoms with van der Waals surface area (Å²) in [5.74, 6) is 0.743. The van der Waals surface area contributed by atoms with Gasteiger partial charge < -0.3 is 20.1 Å². The van der Waals surface area contributed by atoms with Gasteiger partial charge in [-0.05, 0) is 41.5 Å². The van der Waals surface area contributed by atoms with Crippen molar-refractivity contribution in [3.05, 3.63) is 66.5 Å².